The Morgan fingerprint density at radius 2 is 1.79 bits per heavy atom. The smallest absolute Gasteiger partial charge is 0.254 e. The molecule has 6 nitrogen and oxygen atoms in total. The first-order valence-corrected chi connectivity index (χ1v) is 10.6. The van der Waals surface area contributed by atoms with Crippen molar-refractivity contribution in [2.24, 2.45) is 0 Å². The number of rotatable bonds is 7. The van der Waals surface area contributed by atoms with Crippen molar-refractivity contribution in [3.63, 3.8) is 0 Å². The fourth-order valence-corrected chi connectivity index (χ4v) is 3.57. The van der Waals surface area contributed by atoms with Crippen LogP contribution in [0, 0.1) is 17.6 Å². The fourth-order valence-electron chi connectivity index (χ4n) is 3.57. The minimum atomic E-state index is -0.788. The van der Waals surface area contributed by atoms with Crippen LogP contribution in [0.3, 0.4) is 0 Å². The van der Waals surface area contributed by atoms with Gasteiger partial charge in [-0.2, -0.15) is 4.39 Å². The number of nitrogens with zero attached hydrogens (tertiary/aromatic N) is 2. The van der Waals surface area contributed by atoms with Gasteiger partial charge in [-0.3, -0.25) is 9.59 Å². The molecular weight excluding hydrogens is 449 g/mol. The van der Waals surface area contributed by atoms with Gasteiger partial charge in [0, 0.05) is 48.5 Å². The number of morpholine rings is 1. The maximum atomic E-state index is 14.0. The average Bonchev–Trinajstić information content (AvgIpc) is 2.85. The average molecular weight is 470 g/mol. The Morgan fingerprint density at radius 3 is 2.53 bits per heavy atom. The Hall–Kier alpha value is -3.72. The van der Waals surface area contributed by atoms with Gasteiger partial charge in [-0.05, 0) is 36.4 Å². The number of Topliss-reactive ketones (excluding diaryl/α,β-unsaturated/α-hetero) is 1. The van der Waals surface area contributed by atoms with E-state index in [4.69, 9.17) is 9.47 Å². The van der Waals surface area contributed by atoms with Crippen molar-refractivity contribution in [2.75, 3.05) is 26.3 Å². The first-order chi connectivity index (χ1) is 16.4. The molecule has 2 heterocycles. The molecule has 34 heavy (non-hydrogen) atoms. The number of aromatic nitrogens is 1. The van der Waals surface area contributed by atoms with Crippen molar-refractivity contribution < 1.29 is 32.2 Å². The number of hydrogen-bond donors (Lipinski definition) is 0. The summed E-state index contributed by atoms with van der Waals surface area (Å²) in [6.45, 7) is 1.41. The van der Waals surface area contributed by atoms with Crippen LogP contribution in [-0.4, -0.2) is 47.9 Å². The molecule has 0 aliphatic carbocycles. The molecule has 3 aromatic rings. The van der Waals surface area contributed by atoms with E-state index in [1.54, 1.807) is 4.90 Å². The molecule has 1 saturated heterocycles. The normalized spacial score (nSPS) is 13.6. The van der Waals surface area contributed by atoms with E-state index < -0.39 is 23.4 Å². The van der Waals surface area contributed by atoms with Gasteiger partial charge in [0.25, 0.3) is 5.91 Å². The molecular formula is C25H21F3N2O4. The van der Waals surface area contributed by atoms with E-state index in [2.05, 4.69) is 4.98 Å². The number of hydrogen-bond acceptors (Lipinski definition) is 5. The summed E-state index contributed by atoms with van der Waals surface area (Å²) in [6.07, 6.45) is 0.965. The zero-order chi connectivity index (χ0) is 24.1. The topological polar surface area (TPSA) is 68.7 Å². The number of ether oxygens (including phenoxy) is 2. The molecule has 0 unspecified atom stereocenters. The largest absolute Gasteiger partial charge is 0.488 e. The number of amides is 1. The monoisotopic (exact) mass is 470 g/mol. The summed E-state index contributed by atoms with van der Waals surface area (Å²) in [7, 11) is 0. The van der Waals surface area contributed by atoms with E-state index in [1.165, 1.54) is 42.6 Å². The van der Waals surface area contributed by atoms with Crippen molar-refractivity contribution in [2.45, 2.75) is 13.0 Å². The molecule has 0 spiro atoms. The van der Waals surface area contributed by atoms with Crippen molar-refractivity contribution in [1.29, 1.82) is 0 Å². The highest BCUT2D eigenvalue weighted by molar-refractivity contribution is 6.03. The second-order valence-corrected chi connectivity index (χ2v) is 7.69. The lowest BCUT2D eigenvalue weighted by Crippen LogP contribution is -2.40. The van der Waals surface area contributed by atoms with Crippen LogP contribution in [-0.2, 0) is 17.8 Å². The third-order valence-corrected chi connectivity index (χ3v) is 5.41. The molecule has 176 valence electrons. The number of carbonyl (C=O) groups excluding carboxylic acids is 2. The fraction of sp³-hybridized carbons (Fsp3) is 0.240. The molecule has 1 aromatic heterocycles. The van der Waals surface area contributed by atoms with Gasteiger partial charge in [0.2, 0.25) is 5.95 Å². The van der Waals surface area contributed by atoms with E-state index in [-0.39, 0.29) is 46.9 Å². The van der Waals surface area contributed by atoms with Crippen LogP contribution in [0.15, 0.2) is 54.7 Å². The molecule has 1 fully saturated rings. The lowest BCUT2D eigenvalue weighted by Gasteiger charge is -2.27. The summed E-state index contributed by atoms with van der Waals surface area (Å²) in [4.78, 5) is 31.2. The lowest BCUT2D eigenvalue weighted by atomic mass is 10.00. The van der Waals surface area contributed by atoms with Crippen LogP contribution in [0.4, 0.5) is 13.2 Å². The molecule has 1 amide bonds. The van der Waals surface area contributed by atoms with Crippen LogP contribution >= 0.6 is 0 Å². The molecule has 0 saturated carbocycles. The molecule has 1 aliphatic rings. The van der Waals surface area contributed by atoms with E-state index in [1.807, 2.05) is 0 Å². The highest BCUT2D eigenvalue weighted by Crippen LogP contribution is 2.25. The molecule has 1 aliphatic heterocycles. The Bertz CT molecular complexity index is 1210. The van der Waals surface area contributed by atoms with Gasteiger partial charge < -0.3 is 14.4 Å². The minimum absolute atomic E-state index is 0.0462. The van der Waals surface area contributed by atoms with Gasteiger partial charge in [-0.15, -0.1) is 0 Å². The summed E-state index contributed by atoms with van der Waals surface area (Å²) >= 11 is 0. The van der Waals surface area contributed by atoms with E-state index >= 15 is 0 Å². The number of carbonyl (C=O) groups is 2. The van der Waals surface area contributed by atoms with E-state index in [9.17, 15) is 22.8 Å². The quantitative estimate of drug-likeness (QED) is 0.386. The molecule has 0 N–H and O–H groups in total. The highest BCUT2D eigenvalue weighted by atomic mass is 19.1. The predicted octanol–water partition coefficient (Wildman–Crippen LogP) is 3.98. The van der Waals surface area contributed by atoms with Crippen molar-refractivity contribution in [3.8, 4) is 5.75 Å². The van der Waals surface area contributed by atoms with Gasteiger partial charge in [0.15, 0.2) is 5.78 Å². The third kappa shape index (κ3) is 5.43. The maximum Gasteiger partial charge on any atom is 0.254 e. The number of ketones is 1. The van der Waals surface area contributed by atoms with Gasteiger partial charge in [-0.25, -0.2) is 13.8 Å². The van der Waals surface area contributed by atoms with Crippen molar-refractivity contribution in [3.05, 3.63) is 94.6 Å². The molecule has 0 atom stereocenters. The Kier molecular flexibility index (Phi) is 7.22. The summed E-state index contributed by atoms with van der Waals surface area (Å²) < 4.78 is 52.2. The van der Waals surface area contributed by atoms with Gasteiger partial charge in [0.1, 0.15) is 24.0 Å². The second kappa shape index (κ2) is 10.5. The zero-order valence-corrected chi connectivity index (χ0v) is 18.1. The van der Waals surface area contributed by atoms with Crippen LogP contribution in [0.1, 0.15) is 31.8 Å². The number of benzene rings is 2. The van der Waals surface area contributed by atoms with Crippen LogP contribution < -0.4 is 4.74 Å². The standard InChI is InChI=1S/C25H21F3N2O4/c26-19-5-3-18(21(27)14-19)15-34-23-6-4-17(25(32)30-8-10-33-11-9-30)12-20(23)22(31)13-16-2-1-7-29-24(16)28/h1-7,12,14H,8-11,13,15H2. The van der Waals surface area contributed by atoms with Crippen molar-refractivity contribution >= 4 is 11.7 Å². The van der Waals surface area contributed by atoms with Crippen LogP contribution in [0.5, 0.6) is 5.75 Å². The van der Waals surface area contributed by atoms with Gasteiger partial charge >= 0.3 is 0 Å². The Labute approximate surface area is 193 Å². The lowest BCUT2D eigenvalue weighted by molar-refractivity contribution is 0.0303. The molecule has 2 aromatic carbocycles. The molecule has 4 rings (SSSR count). The zero-order valence-electron chi connectivity index (χ0n) is 18.1. The Morgan fingerprint density at radius 1 is 1.00 bits per heavy atom. The molecule has 9 heteroatoms. The van der Waals surface area contributed by atoms with Crippen LogP contribution in [0.25, 0.3) is 0 Å². The minimum Gasteiger partial charge on any atom is -0.488 e. The third-order valence-electron chi connectivity index (χ3n) is 5.41. The van der Waals surface area contributed by atoms with Gasteiger partial charge in [-0.1, -0.05) is 6.07 Å². The maximum absolute atomic E-state index is 14.0. The number of halogens is 3. The first-order valence-electron chi connectivity index (χ1n) is 10.6. The van der Waals surface area contributed by atoms with Crippen LogP contribution in [0.2, 0.25) is 0 Å². The SMILES string of the molecule is O=C(Cc1cccnc1F)c1cc(C(=O)N2CCOCC2)ccc1OCc1ccc(F)cc1F. The van der Waals surface area contributed by atoms with Crippen molar-refractivity contribution in [1.82, 2.24) is 9.88 Å². The van der Waals surface area contributed by atoms with E-state index in [0.717, 1.165) is 12.1 Å². The molecule has 0 radical (unpaired) electrons. The summed E-state index contributed by atoms with van der Waals surface area (Å²) in [5.41, 5.74) is 0.488. The second-order valence-electron chi connectivity index (χ2n) is 7.69. The summed E-state index contributed by atoms with van der Waals surface area (Å²) in [5.74, 6) is -2.96. The highest BCUT2D eigenvalue weighted by Gasteiger charge is 2.23. The predicted molar refractivity (Wildman–Crippen MR) is 116 cm³/mol. The van der Waals surface area contributed by atoms with E-state index in [0.29, 0.717) is 26.3 Å². The Balaban J connectivity index is 1.62. The summed E-state index contributed by atoms with van der Waals surface area (Å²) in [5, 5.41) is 0. The summed E-state index contributed by atoms with van der Waals surface area (Å²) in [6, 6.07) is 10.4. The first kappa shape index (κ1) is 23.4. The molecule has 0 bridgehead atoms. The number of pyridine rings is 1. The van der Waals surface area contributed by atoms with Gasteiger partial charge in [0.05, 0.1) is 18.8 Å².